The molecule has 1 aliphatic carbocycles. The molecule has 6 aromatic carbocycles. The molecule has 0 atom stereocenters. The third-order valence-electron chi connectivity index (χ3n) is 10.3. The van der Waals surface area contributed by atoms with Crippen LogP contribution in [0.25, 0.3) is 38.6 Å². The second-order valence-corrected chi connectivity index (χ2v) is 13.5. The molecule has 0 saturated carbocycles. The fourth-order valence-electron chi connectivity index (χ4n) is 8.10. The first-order valence-corrected chi connectivity index (χ1v) is 15.6. The van der Waals surface area contributed by atoms with Crippen molar-refractivity contribution >= 4 is 38.9 Å². The molecular weight excluding hydrogens is 532 g/mol. The summed E-state index contributed by atoms with van der Waals surface area (Å²) in [6, 6.07) is 49.4. The van der Waals surface area contributed by atoms with Gasteiger partial charge in [-0.25, -0.2) is 0 Å². The summed E-state index contributed by atoms with van der Waals surface area (Å²) in [6.07, 6.45) is 0. The Morgan fingerprint density at radius 3 is 1.77 bits per heavy atom. The van der Waals surface area contributed by atoms with Gasteiger partial charge in [-0.2, -0.15) is 0 Å². The number of rotatable bonds is 2. The van der Waals surface area contributed by atoms with Crippen molar-refractivity contribution in [2.75, 3.05) is 4.90 Å². The van der Waals surface area contributed by atoms with Crippen LogP contribution in [0.1, 0.15) is 49.9 Å². The zero-order chi connectivity index (χ0) is 29.8. The summed E-state index contributed by atoms with van der Waals surface area (Å²) >= 11 is 0. The molecule has 0 unspecified atom stereocenters. The van der Waals surface area contributed by atoms with Crippen LogP contribution in [0.15, 0.2) is 133 Å². The Kier molecular flexibility index (Phi) is 5.05. The first-order chi connectivity index (χ1) is 21.4. The van der Waals surface area contributed by atoms with E-state index in [0.717, 1.165) is 0 Å². The highest BCUT2D eigenvalue weighted by molar-refractivity contribution is 6.11. The SMILES string of the molecule is CC1(C)c2cc3c(cc2-c2cc4c5ccccc5n(-c5ccccc5)c4cc21)C(C)(C)c1ccccc1N3c1ccccc1. The molecule has 2 heterocycles. The maximum Gasteiger partial charge on any atom is 0.0544 e. The quantitative estimate of drug-likeness (QED) is 0.202. The number of nitrogens with zero attached hydrogens (tertiary/aromatic N) is 2. The van der Waals surface area contributed by atoms with Crippen LogP contribution in [0.4, 0.5) is 17.1 Å². The predicted octanol–water partition coefficient (Wildman–Crippen LogP) is 11.2. The van der Waals surface area contributed by atoms with Crippen molar-refractivity contribution in [1.82, 2.24) is 4.57 Å². The lowest BCUT2D eigenvalue weighted by Gasteiger charge is -2.42. The molecule has 0 N–H and O–H groups in total. The molecule has 2 nitrogen and oxygen atoms in total. The molecule has 0 radical (unpaired) electrons. The summed E-state index contributed by atoms with van der Waals surface area (Å²) < 4.78 is 2.44. The van der Waals surface area contributed by atoms with Crippen LogP contribution in [-0.4, -0.2) is 4.57 Å². The molecule has 0 fully saturated rings. The fraction of sp³-hybridized carbons (Fsp3) is 0.143. The molecule has 1 aromatic heterocycles. The highest BCUT2D eigenvalue weighted by Gasteiger charge is 2.42. The van der Waals surface area contributed by atoms with Gasteiger partial charge in [-0.1, -0.05) is 100 Å². The van der Waals surface area contributed by atoms with Crippen molar-refractivity contribution in [3.63, 3.8) is 0 Å². The average Bonchev–Trinajstić information content (AvgIpc) is 3.48. The monoisotopic (exact) mass is 566 g/mol. The molecule has 2 heteroatoms. The van der Waals surface area contributed by atoms with Crippen LogP contribution in [0, 0.1) is 0 Å². The normalized spacial score (nSPS) is 15.6. The highest BCUT2D eigenvalue weighted by Crippen LogP contribution is 2.58. The van der Waals surface area contributed by atoms with Crippen LogP contribution < -0.4 is 4.90 Å². The Morgan fingerprint density at radius 2 is 1.00 bits per heavy atom. The molecule has 0 amide bonds. The van der Waals surface area contributed by atoms with Crippen LogP contribution in [-0.2, 0) is 10.8 Å². The molecule has 1 aliphatic heterocycles. The maximum atomic E-state index is 2.52. The number of aromatic nitrogens is 1. The lowest BCUT2D eigenvalue weighted by molar-refractivity contribution is 0.627. The number of hydrogen-bond acceptors (Lipinski definition) is 1. The highest BCUT2D eigenvalue weighted by atomic mass is 15.2. The van der Waals surface area contributed by atoms with Gasteiger partial charge in [-0.3, -0.25) is 0 Å². The maximum absolute atomic E-state index is 2.52. The van der Waals surface area contributed by atoms with Crippen molar-refractivity contribution < 1.29 is 0 Å². The largest absolute Gasteiger partial charge is 0.310 e. The number of fused-ring (bicyclic) bond motifs is 8. The fourth-order valence-corrected chi connectivity index (χ4v) is 8.10. The van der Waals surface area contributed by atoms with Crippen LogP contribution >= 0.6 is 0 Å². The minimum atomic E-state index is -0.157. The van der Waals surface area contributed by atoms with E-state index in [2.05, 4.69) is 171 Å². The molecule has 7 aromatic rings. The average molecular weight is 567 g/mol. The third kappa shape index (κ3) is 3.26. The molecule has 0 spiro atoms. The van der Waals surface area contributed by atoms with E-state index in [9.17, 15) is 0 Å². The van der Waals surface area contributed by atoms with Crippen LogP contribution in [0.2, 0.25) is 0 Å². The van der Waals surface area contributed by atoms with Crippen LogP contribution in [0.3, 0.4) is 0 Å². The minimum Gasteiger partial charge on any atom is -0.310 e. The van der Waals surface area contributed by atoms with Gasteiger partial charge in [-0.15, -0.1) is 0 Å². The van der Waals surface area contributed by atoms with E-state index in [-0.39, 0.29) is 10.8 Å². The van der Waals surface area contributed by atoms with Gasteiger partial charge in [0.25, 0.3) is 0 Å². The van der Waals surface area contributed by atoms with E-state index in [1.54, 1.807) is 0 Å². The third-order valence-corrected chi connectivity index (χ3v) is 10.3. The second kappa shape index (κ2) is 8.74. The van der Waals surface area contributed by atoms with Crippen molar-refractivity contribution in [2.45, 2.75) is 38.5 Å². The lowest BCUT2D eigenvalue weighted by Crippen LogP contribution is -2.31. The van der Waals surface area contributed by atoms with Gasteiger partial charge in [0, 0.05) is 33.0 Å². The van der Waals surface area contributed by atoms with Gasteiger partial charge < -0.3 is 9.47 Å². The molecule has 9 rings (SSSR count). The number of anilines is 3. The summed E-state index contributed by atoms with van der Waals surface area (Å²) in [6.45, 7) is 9.58. The Hall–Kier alpha value is -5.08. The Morgan fingerprint density at radius 1 is 0.409 bits per heavy atom. The van der Waals surface area contributed by atoms with E-state index in [1.807, 2.05) is 0 Å². The number of para-hydroxylation sites is 4. The van der Waals surface area contributed by atoms with Gasteiger partial charge in [0.1, 0.15) is 0 Å². The van der Waals surface area contributed by atoms with E-state index in [4.69, 9.17) is 0 Å². The standard InChI is InChI=1S/C42H34N2/c1-41(2)33-20-12-14-22-38(33)44(28-17-9-6-10-18-28)40-26-35-31(24-36(40)41)30-23-32-29-19-11-13-21-37(29)43(27-15-7-5-8-16-27)39(32)25-34(30)42(35,3)4/h5-26H,1-4H3. The summed E-state index contributed by atoms with van der Waals surface area (Å²) in [4.78, 5) is 2.47. The molecule has 2 aliphatic rings. The van der Waals surface area contributed by atoms with Crippen LogP contribution in [0.5, 0.6) is 0 Å². The van der Waals surface area contributed by atoms with Gasteiger partial charge in [0.15, 0.2) is 0 Å². The first kappa shape index (κ1) is 25.4. The summed E-state index contributed by atoms with van der Waals surface area (Å²) in [5.41, 5.74) is 15.4. The van der Waals surface area contributed by atoms with E-state index in [1.165, 1.54) is 77.9 Å². The molecular formula is C42H34N2. The summed E-state index contributed by atoms with van der Waals surface area (Å²) in [7, 11) is 0. The van der Waals surface area contributed by atoms with Crippen molar-refractivity contribution in [3.8, 4) is 16.8 Å². The second-order valence-electron chi connectivity index (χ2n) is 13.5. The van der Waals surface area contributed by atoms with E-state index < -0.39 is 0 Å². The summed E-state index contributed by atoms with van der Waals surface area (Å²) in [5, 5.41) is 2.60. The van der Waals surface area contributed by atoms with Gasteiger partial charge in [0.2, 0.25) is 0 Å². The number of hydrogen-bond donors (Lipinski definition) is 0. The Labute approximate surface area is 258 Å². The molecule has 44 heavy (non-hydrogen) atoms. The van der Waals surface area contributed by atoms with E-state index in [0.29, 0.717) is 0 Å². The van der Waals surface area contributed by atoms with Crippen molar-refractivity contribution in [3.05, 3.63) is 156 Å². The van der Waals surface area contributed by atoms with Gasteiger partial charge in [-0.05, 0) is 94.0 Å². The smallest absolute Gasteiger partial charge is 0.0544 e. The van der Waals surface area contributed by atoms with Crippen molar-refractivity contribution in [1.29, 1.82) is 0 Å². The predicted molar refractivity (Wildman–Crippen MR) is 185 cm³/mol. The molecule has 0 saturated heterocycles. The zero-order valence-electron chi connectivity index (χ0n) is 25.6. The topological polar surface area (TPSA) is 8.17 Å². The Balaban J connectivity index is 1.35. The molecule has 0 bridgehead atoms. The summed E-state index contributed by atoms with van der Waals surface area (Å²) in [5.74, 6) is 0. The number of benzene rings is 6. The van der Waals surface area contributed by atoms with Gasteiger partial charge >= 0.3 is 0 Å². The minimum absolute atomic E-state index is 0.146. The van der Waals surface area contributed by atoms with Gasteiger partial charge in [0.05, 0.1) is 22.4 Å². The first-order valence-electron chi connectivity index (χ1n) is 15.6. The Bertz CT molecular complexity index is 2270. The lowest BCUT2D eigenvalue weighted by atomic mass is 9.72. The van der Waals surface area contributed by atoms with Crippen molar-refractivity contribution in [2.24, 2.45) is 0 Å². The van der Waals surface area contributed by atoms with E-state index >= 15 is 0 Å². The zero-order valence-corrected chi connectivity index (χ0v) is 25.6. The molecule has 212 valence electrons.